The van der Waals surface area contributed by atoms with E-state index in [-0.39, 0.29) is 24.9 Å². The zero-order chi connectivity index (χ0) is 20.6. The summed E-state index contributed by atoms with van der Waals surface area (Å²) in [5.74, 6) is -0.231. The number of thioether (sulfide) groups is 1. The molecule has 29 heavy (non-hydrogen) atoms. The molecule has 3 aromatic rings. The summed E-state index contributed by atoms with van der Waals surface area (Å²) in [5.41, 5.74) is 3.07. The molecular weight excluding hydrogens is 384 g/mol. The fourth-order valence-corrected chi connectivity index (χ4v) is 3.77. The molecule has 7 heteroatoms. The van der Waals surface area contributed by atoms with Gasteiger partial charge in [-0.2, -0.15) is 0 Å². The monoisotopic (exact) mass is 410 g/mol. The number of nitrogens with zero attached hydrogens (tertiary/aromatic N) is 1. The fourth-order valence-electron chi connectivity index (χ4n) is 3.21. The van der Waals surface area contributed by atoms with Crippen LogP contribution in [0.3, 0.4) is 0 Å². The van der Waals surface area contributed by atoms with Crippen LogP contribution in [0.15, 0.2) is 59.6 Å². The van der Waals surface area contributed by atoms with E-state index in [0.29, 0.717) is 6.54 Å². The lowest BCUT2D eigenvalue weighted by Gasteiger charge is -2.16. The topological polar surface area (TPSA) is 77.2 Å². The molecular formula is C22H26N4O2S. The Morgan fingerprint density at radius 1 is 1.03 bits per heavy atom. The SMILES string of the molecule is CSc1ccccc1NC(=O)CN(C)CC(=O)NCCc1c[nH]c2ccccc12. The van der Waals surface area contributed by atoms with Crippen molar-refractivity contribution in [1.82, 2.24) is 15.2 Å². The van der Waals surface area contributed by atoms with Gasteiger partial charge in [-0.05, 0) is 43.5 Å². The zero-order valence-corrected chi connectivity index (χ0v) is 17.5. The van der Waals surface area contributed by atoms with E-state index >= 15 is 0 Å². The van der Waals surface area contributed by atoms with E-state index in [1.54, 1.807) is 23.7 Å². The van der Waals surface area contributed by atoms with Gasteiger partial charge in [0.1, 0.15) is 0 Å². The molecule has 0 bridgehead atoms. The number of hydrogen-bond donors (Lipinski definition) is 3. The Kier molecular flexibility index (Phi) is 7.32. The largest absolute Gasteiger partial charge is 0.361 e. The second-order valence-corrected chi connectivity index (χ2v) is 7.73. The molecule has 3 N–H and O–H groups in total. The number of anilines is 1. The van der Waals surface area contributed by atoms with Gasteiger partial charge in [-0.3, -0.25) is 14.5 Å². The van der Waals surface area contributed by atoms with Crippen LogP contribution in [0.25, 0.3) is 10.9 Å². The fraction of sp³-hybridized carbons (Fsp3) is 0.273. The number of likely N-dealkylation sites (N-methyl/N-ethyl adjacent to an activating group) is 1. The molecule has 2 amide bonds. The number of para-hydroxylation sites is 2. The van der Waals surface area contributed by atoms with Gasteiger partial charge >= 0.3 is 0 Å². The Labute approximate surface area is 175 Å². The maximum atomic E-state index is 12.3. The van der Waals surface area contributed by atoms with Gasteiger partial charge in [0.2, 0.25) is 11.8 Å². The summed E-state index contributed by atoms with van der Waals surface area (Å²) >= 11 is 1.58. The molecule has 2 aromatic carbocycles. The van der Waals surface area contributed by atoms with Gasteiger partial charge in [0.15, 0.2) is 0 Å². The normalized spacial score (nSPS) is 11.0. The molecule has 0 aliphatic rings. The van der Waals surface area contributed by atoms with Gasteiger partial charge in [0, 0.05) is 28.5 Å². The highest BCUT2D eigenvalue weighted by molar-refractivity contribution is 7.98. The molecule has 0 radical (unpaired) electrons. The van der Waals surface area contributed by atoms with E-state index in [9.17, 15) is 9.59 Å². The van der Waals surface area contributed by atoms with E-state index in [4.69, 9.17) is 0 Å². The summed E-state index contributed by atoms with van der Waals surface area (Å²) in [4.78, 5) is 30.4. The molecule has 0 fully saturated rings. The number of hydrogen-bond acceptors (Lipinski definition) is 4. The van der Waals surface area contributed by atoms with Gasteiger partial charge in [0.05, 0.1) is 18.8 Å². The van der Waals surface area contributed by atoms with Crippen molar-refractivity contribution in [3.8, 4) is 0 Å². The average molecular weight is 411 g/mol. The Balaban J connectivity index is 1.41. The van der Waals surface area contributed by atoms with Crippen molar-refractivity contribution in [2.45, 2.75) is 11.3 Å². The maximum Gasteiger partial charge on any atom is 0.238 e. The third-order valence-corrected chi connectivity index (χ3v) is 5.40. The summed E-state index contributed by atoms with van der Waals surface area (Å²) in [7, 11) is 1.76. The van der Waals surface area contributed by atoms with Crippen LogP contribution in [0.2, 0.25) is 0 Å². The number of benzene rings is 2. The molecule has 0 aliphatic carbocycles. The molecule has 3 rings (SSSR count). The molecule has 0 unspecified atom stereocenters. The van der Waals surface area contributed by atoms with E-state index in [2.05, 4.69) is 21.7 Å². The van der Waals surface area contributed by atoms with Crippen molar-refractivity contribution >= 4 is 40.2 Å². The second kappa shape index (κ2) is 10.1. The van der Waals surface area contributed by atoms with Crippen molar-refractivity contribution in [3.05, 3.63) is 60.3 Å². The van der Waals surface area contributed by atoms with Crippen molar-refractivity contribution in [2.24, 2.45) is 0 Å². The van der Waals surface area contributed by atoms with Gasteiger partial charge in [0.25, 0.3) is 0 Å². The van der Waals surface area contributed by atoms with Crippen molar-refractivity contribution < 1.29 is 9.59 Å². The number of H-pyrrole nitrogens is 1. The Hall–Kier alpha value is -2.77. The summed E-state index contributed by atoms with van der Waals surface area (Å²) in [5, 5.41) is 7.02. The minimum atomic E-state index is -0.138. The summed E-state index contributed by atoms with van der Waals surface area (Å²) in [6.07, 6.45) is 4.71. The molecule has 0 saturated carbocycles. The van der Waals surface area contributed by atoms with E-state index < -0.39 is 0 Å². The van der Waals surface area contributed by atoms with Crippen LogP contribution in [0.5, 0.6) is 0 Å². The van der Waals surface area contributed by atoms with Crippen LogP contribution < -0.4 is 10.6 Å². The first kappa shape index (κ1) is 21.0. The smallest absolute Gasteiger partial charge is 0.238 e. The first-order chi connectivity index (χ1) is 14.1. The van der Waals surface area contributed by atoms with Gasteiger partial charge in [-0.15, -0.1) is 11.8 Å². The van der Waals surface area contributed by atoms with Crippen LogP contribution in [-0.2, 0) is 16.0 Å². The highest BCUT2D eigenvalue weighted by Gasteiger charge is 2.12. The predicted molar refractivity (Wildman–Crippen MR) is 119 cm³/mol. The number of rotatable bonds is 9. The predicted octanol–water partition coefficient (Wildman–Crippen LogP) is 3.12. The molecule has 0 spiro atoms. The standard InChI is InChI=1S/C22H26N4O2S/c1-26(15-22(28)25-19-9-5-6-10-20(19)29-2)14-21(27)23-12-11-16-13-24-18-8-4-3-7-17(16)18/h3-10,13,24H,11-12,14-15H2,1-2H3,(H,23,27)(H,25,28). The van der Waals surface area contributed by atoms with Crippen LogP contribution in [-0.4, -0.2) is 54.6 Å². The maximum absolute atomic E-state index is 12.3. The lowest BCUT2D eigenvalue weighted by Crippen LogP contribution is -2.39. The van der Waals surface area contributed by atoms with Crippen molar-refractivity contribution in [3.63, 3.8) is 0 Å². The third kappa shape index (κ3) is 5.85. The number of amides is 2. The summed E-state index contributed by atoms with van der Waals surface area (Å²) < 4.78 is 0. The zero-order valence-electron chi connectivity index (χ0n) is 16.7. The molecule has 0 saturated heterocycles. The van der Waals surface area contributed by atoms with Gasteiger partial charge in [-0.1, -0.05) is 30.3 Å². The second-order valence-electron chi connectivity index (χ2n) is 6.88. The Bertz CT molecular complexity index is 986. The van der Waals surface area contributed by atoms with Crippen LogP contribution in [0, 0.1) is 0 Å². The Morgan fingerprint density at radius 3 is 2.59 bits per heavy atom. The molecule has 6 nitrogen and oxygen atoms in total. The molecule has 0 aliphatic heterocycles. The Morgan fingerprint density at radius 2 is 1.76 bits per heavy atom. The van der Waals surface area contributed by atoms with Crippen molar-refractivity contribution in [2.75, 3.05) is 38.3 Å². The number of fused-ring (bicyclic) bond motifs is 1. The van der Waals surface area contributed by atoms with E-state index in [1.807, 2.05) is 54.9 Å². The lowest BCUT2D eigenvalue weighted by atomic mass is 10.1. The van der Waals surface area contributed by atoms with Gasteiger partial charge in [-0.25, -0.2) is 0 Å². The first-order valence-electron chi connectivity index (χ1n) is 9.50. The molecule has 1 heterocycles. The molecule has 1 aromatic heterocycles. The van der Waals surface area contributed by atoms with Gasteiger partial charge < -0.3 is 15.6 Å². The van der Waals surface area contributed by atoms with Crippen LogP contribution in [0.4, 0.5) is 5.69 Å². The van der Waals surface area contributed by atoms with Crippen LogP contribution >= 0.6 is 11.8 Å². The summed E-state index contributed by atoms with van der Waals surface area (Å²) in [6, 6.07) is 15.8. The minimum Gasteiger partial charge on any atom is -0.361 e. The molecule has 0 atom stereocenters. The third-order valence-electron chi connectivity index (χ3n) is 4.60. The quantitative estimate of drug-likeness (QED) is 0.474. The van der Waals surface area contributed by atoms with E-state index in [0.717, 1.165) is 22.5 Å². The lowest BCUT2D eigenvalue weighted by molar-refractivity contribution is -0.122. The number of carbonyl (C=O) groups excluding carboxylic acids is 2. The highest BCUT2D eigenvalue weighted by atomic mass is 32.2. The number of aromatic nitrogens is 1. The number of aromatic amines is 1. The minimum absolute atomic E-state index is 0.0929. The first-order valence-corrected chi connectivity index (χ1v) is 10.7. The summed E-state index contributed by atoms with van der Waals surface area (Å²) in [6.45, 7) is 0.881. The van der Waals surface area contributed by atoms with E-state index in [1.165, 1.54) is 10.9 Å². The number of nitrogens with one attached hydrogen (secondary N) is 3. The van der Waals surface area contributed by atoms with Crippen LogP contribution in [0.1, 0.15) is 5.56 Å². The van der Waals surface area contributed by atoms with Crippen molar-refractivity contribution in [1.29, 1.82) is 0 Å². The highest BCUT2D eigenvalue weighted by Crippen LogP contribution is 2.24. The average Bonchev–Trinajstić information content (AvgIpc) is 3.11. The number of carbonyl (C=O) groups is 2. The molecule has 152 valence electrons.